The Balaban J connectivity index is 2.11. The Morgan fingerprint density at radius 3 is 3.17 bits per heavy atom. The SMILES string of the molecule is C#CCCc1cc2c(s1)CCC2. The van der Waals surface area contributed by atoms with E-state index in [2.05, 4.69) is 12.0 Å². The van der Waals surface area contributed by atoms with Crippen LogP contribution in [0.25, 0.3) is 0 Å². The normalized spacial score (nSPS) is 14.2. The topological polar surface area (TPSA) is 0 Å². The maximum atomic E-state index is 5.22. The lowest BCUT2D eigenvalue weighted by Gasteiger charge is -1.89. The van der Waals surface area contributed by atoms with Gasteiger partial charge < -0.3 is 0 Å². The molecule has 0 fully saturated rings. The number of aryl methyl sites for hydroxylation is 3. The van der Waals surface area contributed by atoms with Gasteiger partial charge in [0.2, 0.25) is 0 Å². The third kappa shape index (κ3) is 1.40. The van der Waals surface area contributed by atoms with E-state index in [-0.39, 0.29) is 0 Å². The molecule has 0 N–H and O–H groups in total. The van der Waals surface area contributed by atoms with Gasteiger partial charge in [-0.3, -0.25) is 0 Å². The third-order valence-electron chi connectivity index (χ3n) is 2.31. The van der Waals surface area contributed by atoms with Gasteiger partial charge in [-0.25, -0.2) is 0 Å². The Kier molecular flexibility index (Phi) is 2.19. The molecule has 2 rings (SSSR count). The lowest BCUT2D eigenvalue weighted by atomic mass is 10.2. The molecule has 0 aromatic carbocycles. The molecule has 0 saturated carbocycles. The molecule has 1 heteroatoms. The van der Waals surface area contributed by atoms with Gasteiger partial charge in [-0.1, -0.05) is 0 Å². The maximum Gasteiger partial charge on any atom is 0.0134 e. The summed E-state index contributed by atoms with van der Waals surface area (Å²) in [4.78, 5) is 3.10. The molecule has 1 aromatic heterocycles. The predicted molar refractivity (Wildman–Crippen MR) is 53.5 cm³/mol. The second kappa shape index (κ2) is 3.33. The van der Waals surface area contributed by atoms with E-state index in [1.807, 2.05) is 11.3 Å². The van der Waals surface area contributed by atoms with Gasteiger partial charge in [0.25, 0.3) is 0 Å². The molecule has 0 aliphatic heterocycles. The Bertz CT molecular complexity index is 293. The number of hydrogen-bond acceptors (Lipinski definition) is 1. The molecular weight excluding hydrogens is 164 g/mol. The first-order chi connectivity index (χ1) is 5.90. The standard InChI is InChI=1S/C11H12S/c1-2-3-6-10-8-9-5-4-7-11(9)12-10/h1,8H,3-7H2. The highest BCUT2D eigenvalue weighted by atomic mass is 32.1. The highest BCUT2D eigenvalue weighted by Gasteiger charge is 2.13. The molecule has 1 aliphatic carbocycles. The summed E-state index contributed by atoms with van der Waals surface area (Å²) >= 11 is 1.97. The van der Waals surface area contributed by atoms with E-state index < -0.39 is 0 Å². The molecular formula is C11H12S. The smallest absolute Gasteiger partial charge is 0.0134 e. The van der Waals surface area contributed by atoms with Crippen LogP contribution in [0.4, 0.5) is 0 Å². The first-order valence-corrected chi connectivity index (χ1v) is 5.25. The van der Waals surface area contributed by atoms with E-state index in [4.69, 9.17) is 6.42 Å². The molecule has 0 unspecified atom stereocenters. The van der Waals surface area contributed by atoms with Gasteiger partial charge in [-0.05, 0) is 37.3 Å². The predicted octanol–water partition coefficient (Wildman–Crippen LogP) is 2.80. The molecule has 0 bridgehead atoms. The zero-order chi connectivity index (χ0) is 8.39. The van der Waals surface area contributed by atoms with Gasteiger partial charge in [-0.15, -0.1) is 23.7 Å². The Hall–Kier alpha value is -0.740. The summed E-state index contributed by atoms with van der Waals surface area (Å²) in [6, 6.07) is 2.35. The van der Waals surface area contributed by atoms with Crippen molar-refractivity contribution in [3.8, 4) is 12.3 Å². The zero-order valence-electron chi connectivity index (χ0n) is 7.10. The van der Waals surface area contributed by atoms with Crippen LogP contribution in [0.5, 0.6) is 0 Å². The van der Waals surface area contributed by atoms with Crippen LogP contribution in [-0.2, 0) is 19.3 Å². The fourth-order valence-electron chi connectivity index (χ4n) is 1.71. The van der Waals surface area contributed by atoms with Gasteiger partial charge in [-0.2, -0.15) is 0 Å². The minimum atomic E-state index is 0.888. The Morgan fingerprint density at radius 2 is 2.42 bits per heavy atom. The van der Waals surface area contributed by atoms with Gasteiger partial charge >= 0.3 is 0 Å². The summed E-state index contributed by atoms with van der Waals surface area (Å²) in [6.07, 6.45) is 11.1. The molecule has 1 aromatic rings. The van der Waals surface area contributed by atoms with Crippen LogP contribution in [0.3, 0.4) is 0 Å². The number of hydrogen-bond donors (Lipinski definition) is 0. The lowest BCUT2D eigenvalue weighted by Crippen LogP contribution is -1.77. The van der Waals surface area contributed by atoms with Crippen molar-refractivity contribution in [3.63, 3.8) is 0 Å². The number of terminal acetylenes is 1. The second-order valence-electron chi connectivity index (χ2n) is 3.22. The van der Waals surface area contributed by atoms with E-state index in [1.165, 1.54) is 24.1 Å². The quantitative estimate of drug-likeness (QED) is 0.608. The van der Waals surface area contributed by atoms with E-state index in [0.29, 0.717) is 0 Å². The molecule has 1 aliphatic rings. The monoisotopic (exact) mass is 176 g/mol. The number of rotatable bonds is 2. The first kappa shape index (κ1) is 7.89. The lowest BCUT2D eigenvalue weighted by molar-refractivity contribution is 0.912. The summed E-state index contributed by atoms with van der Waals surface area (Å²) in [6.45, 7) is 0. The molecule has 0 saturated heterocycles. The molecule has 0 amide bonds. The highest BCUT2D eigenvalue weighted by molar-refractivity contribution is 7.12. The van der Waals surface area contributed by atoms with Crippen LogP contribution in [-0.4, -0.2) is 0 Å². The van der Waals surface area contributed by atoms with Crippen molar-refractivity contribution < 1.29 is 0 Å². The van der Waals surface area contributed by atoms with Crippen LogP contribution in [0.2, 0.25) is 0 Å². The minimum absolute atomic E-state index is 0.888. The Labute approximate surface area is 77.6 Å². The van der Waals surface area contributed by atoms with Crippen LogP contribution in [0, 0.1) is 12.3 Å². The Morgan fingerprint density at radius 1 is 1.50 bits per heavy atom. The number of thiophene rings is 1. The van der Waals surface area contributed by atoms with Crippen molar-refractivity contribution in [2.75, 3.05) is 0 Å². The second-order valence-corrected chi connectivity index (χ2v) is 4.44. The van der Waals surface area contributed by atoms with E-state index >= 15 is 0 Å². The average Bonchev–Trinajstić information content (AvgIpc) is 2.58. The van der Waals surface area contributed by atoms with Crippen molar-refractivity contribution >= 4 is 11.3 Å². The molecule has 0 atom stereocenters. The van der Waals surface area contributed by atoms with Crippen LogP contribution in [0.1, 0.15) is 28.2 Å². The van der Waals surface area contributed by atoms with Gasteiger partial charge in [0.15, 0.2) is 0 Å². The molecule has 0 radical (unpaired) electrons. The maximum absolute atomic E-state index is 5.22. The fraction of sp³-hybridized carbons (Fsp3) is 0.455. The molecule has 1 heterocycles. The van der Waals surface area contributed by atoms with Crippen LogP contribution in [0.15, 0.2) is 6.07 Å². The van der Waals surface area contributed by atoms with Crippen molar-refractivity contribution in [2.24, 2.45) is 0 Å². The van der Waals surface area contributed by atoms with Crippen molar-refractivity contribution in [3.05, 3.63) is 21.4 Å². The summed E-state index contributed by atoms with van der Waals surface area (Å²) in [5.74, 6) is 2.69. The van der Waals surface area contributed by atoms with Crippen molar-refractivity contribution in [2.45, 2.75) is 32.1 Å². The van der Waals surface area contributed by atoms with Gasteiger partial charge in [0, 0.05) is 16.2 Å². The van der Waals surface area contributed by atoms with Crippen LogP contribution >= 0.6 is 11.3 Å². The van der Waals surface area contributed by atoms with Crippen molar-refractivity contribution in [1.82, 2.24) is 0 Å². The van der Waals surface area contributed by atoms with Crippen LogP contribution < -0.4 is 0 Å². The third-order valence-corrected chi connectivity index (χ3v) is 3.61. The zero-order valence-corrected chi connectivity index (χ0v) is 7.91. The first-order valence-electron chi connectivity index (χ1n) is 4.44. The summed E-state index contributed by atoms with van der Waals surface area (Å²) in [5, 5.41) is 0. The summed E-state index contributed by atoms with van der Waals surface area (Å²) in [7, 11) is 0. The molecule has 12 heavy (non-hydrogen) atoms. The largest absolute Gasteiger partial charge is 0.145 e. The minimum Gasteiger partial charge on any atom is -0.145 e. The fourth-order valence-corrected chi connectivity index (χ4v) is 2.97. The van der Waals surface area contributed by atoms with E-state index in [0.717, 1.165) is 12.8 Å². The molecule has 62 valence electrons. The molecule has 0 spiro atoms. The van der Waals surface area contributed by atoms with E-state index in [9.17, 15) is 0 Å². The van der Waals surface area contributed by atoms with Gasteiger partial charge in [0.05, 0.1) is 0 Å². The van der Waals surface area contributed by atoms with Gasteiger partial charge in [0.1, 0.15) is 0 Å². The number of fused-ring (bicyclic) bond motifs is 1. The highest BCUT2D eigenvalue weighted by Crippen LogP contribution is 2.30. The van der Waals surface area contributed by atoms with Crippen molar-refractivity contribution in [1.29, 1.82) is 0 Å². The molecule has 0 nitrogen and oxygen atoms in total. The average molecular weight is 176 g/mol. The van der Waals surface area contributed by atoms with E-state index in [1.54, 1.807) is 10.4 Å². The summed E-state index contributed by atoms with van der Waals surface area (Å²) in [5.41, 5.74) is 1.59. The summed E-state index contributed by atoms with van der Waals surface area (Å²) < 4.78 is 0.